The van der Waals surface area contributed by atoms with Crippen LogP contribution < -0.4 is 0 Å². The smallest absolute Gasteiger partial charge is 0.233 e. The van der Waals surface area contributed by atoms with E-state index >= 15 is 0 Å². The highest BCUT2D eigenvalue weighted by Gasteiger charge is 2.59. The maximum atomic E-state index is 13.0. The topological polar surface area (TPSA) is 115 Å². The van der Waals surface area contributed by atoms with Crippen LogP contribution in [-0.4, -0.2) is 38.6 Å². The SMILES string of the molecule is C[C@@H](CO)c1c(O)c(O)c2c(c1O)C(=O)C(=O)[C@@H]1C(C)(C)CCC[C@@]21C. The van der Waals surface area contributed by atoms with Gasteiger partial charge in [0, 0.05) is 35.0 Å². The van der Waals surface area contributed by atoms with Crippen molar-refractivity contribution in [3.05, 3.63) is 16.7 Å². The van der Waals surface area contributed by atoms with Crippen LogP contribution in [0.4, 0.5) is 0 Å². The van der Waals surface area contributed by atoms with Crippen LogP contribution >= 0.6 is 0 Å². The van der Waals surface area contributed by atoms with Gasteiger partial charge in [0.2, 0.25) is 11.6 Å². The number of aliphatic hydroxyl groups excluding tert-OH is 1. The molecule has 1 fully saturated rings. The molecule has 6 nitrogen and oxygen atoms in total. The molecule has 2 aliphatic carbocycles. The number of fused-ring (bicyclic) bond motifs is 3. The van der Waals surface area contributed by atoms with Crippen molar-refractivity contribution in [1.82, 2.24) is 0 Å². The highest BCUT2D eigenvalue weighted by atomic mass is 16.3. The van der Waals surface area contributed by atoms with E-state index in [9.17, 15) is 30.0 Å². The third-order valence-corrected chi connectivity index (χ3v) is 6.44. The number of aromatic hydroxyl groups is 3. The van der Waals surface area contributed by atoms with Gasteiger partial charge in [-0.2, -0.15) is 0 Å². The highest BCUT2D eigenvalue weighted by Crippen LogP contribution is 2.61. The first-order chi connectivity index (χ1) is 12.0. The number of benzene rings is 1. The van der Waals surface area contributed by atoms with Crippen molar-refractivity contribution in [2.24, 2.45) is 11.3 Å². The molecule has 3 rings (SSSR count). The summed E-state index contributed by atoms with van der Waals surface area (Å²) in [6.07, 6.45) is 2.14. The Balaban J connectivity index is 2.40. The van der Waals surface area contributed by atoms with E-state index in [1.54, 1.807) is 6.92 Å². The molecule has 2 aliphatic rings. The standard InChI is InChI=1S/C20H26O6/c1-9(8-21)10-13(22)11-12(16(25)14(10)23)20(4)7-5-6-19(2,3)18(20)17(26)15(11)24/h9,18,21-23,25H,5-8H2,1-4H3/t9-,18+,20-/m0/s1. The van der Waals surface area contributed by atoms with Crippen LogP contribution in [-0.2, 0) is 10.2 Å². The van der Waals surface area contributed by atoms with Gasteiger partial charge in [0.1, 0.15) is 5.75 Å². The van der Waals surface area contributed by atoms with Crippen LogP contribution in [0.25, 0.3) is 0 Å². The van der Waals surface area contributed by atoms with Crippen LogP contribution in [0.1, 0.15) is 74.4 Å². The minimum atomic E-state index is -0.859. The van der Waals surface area contributed by atoms with Crippen LogP contribution in [0, 0.1) is 11.3 Å². The first-order valence-corrected chi connectivity index (χ1v) is 8.99. The number of phenols is 3. The summed E-state index contributed by atoms with van der Waals surface area (Å²) in [5.74, 6) is -4.26. The average molecular weight is 362 g/mol. The molecule has 0 amide bonds. The summed E-state index contributed by atoms with van der Waals surface area (Å²) in [4.78, 5) is 25.9. The van der Waals surface area contributed by atoms with Crippen LogP contribution in [0.5, 0.6) is 17.2 Å². The number of phenolic OH excluding ortho intramolecular Hbond substituents is 3. The second kappa shape index (κ2) is 5.71. The summed E-state index contributed by atoms with van der Waals surface area (Å²) >= 11 is 0. The Labute approximate surface area is 152 Å². The first-order valence-electron chi connectivity index (χ1n) is 8.99. The van der Waals surface area contributed by atoms with Crippen molar-refractivity contribution in [2.75, 3.05) is 6.61 Å². The first kappa shape index (κ1) is 18.7. The molecule has 0 bridgehead atoms. The Morgan fingerprint density at radius 3 is 2.23 bits per heavy atom. The van der Waals surface area contributed by atoms with Gasteiger partial charge in [0.15, 0.2) is 11.5 Å². The molecule has 142 valence electrons. The number of Topliss-reactive ketones (excluding diaryl/α,β-unsaturated/α-hetero) is 2. The average Bonchev–Trinajstić information content (AvgIpc) is 2.55. The van der Waals surface area contributed by atoms with E-state index in [1.807, 2.05) is 20.8 Å². The molecule has 0 spiro atoms. The lowest BCUT2D eigenvalue weighted by Gasteiger charge is -2.52. The van der Waals surface area contributed by atoms with Gasteiger partial charge in [-0.15, -0.1) is 0 Å². The zero-order valence-corrected chi connectivity index (χ0v) is 15.6. The fraction of sp³-hybridized carbons (Fsp3) is 0.600. The fourth-order valence-corrected chi connectivity index (χ4v) is 5.29. The number of ketones is 2. The molecule has 6 heteroatoms. The van der Waals surface area contributed by atoms with Crippen molar-refractivity contribution in [1.29, 1.82) is 0 Å². The number of carbonyl (C=O) groups excluding carboxylic acids is 2. The van der Waals surface area contributed by atoms with Crippen molar-refractivity contribution in [3.63, 3.8) is 0 Å². The van der Waals surface area contributed by atoms with E-state index in [2.05, 4.69) is 0 Å². The minimum absolute atomic E-state index is 0.109. The van der Waals surface area contributed by atoms with E-state index in [1.165, 1.54) is 0 Å². The normalized spacial score (nSPS) is 28.4. The van der Waals surface area contributed by atoms with Gasteiger partial charge in [-0.05, 0) is 18.3 Å². The number of aliphatic hydroxyl groups is 1. The lowest BCUT2D eigenvalue weighted by molar-refractivity contribution is -0.128. The highest BCUT2D eigenvalue weighted by molar-refractivity contribution is 6.47. The number of rotatable bonds is 2. The van der Waals surface area contributed by atoms with Gasteiger partial charge in [-0.3, -0.25) is 9.59 Å². The van der Waals surface area contributed by atoms with Gasteiger partial charge in [0.25, 0.3) is 0 Å². The van der Waals surface area contributed by atoms with Gasteiger partial charge in [0.05, 0.1) is 5.56 Å². The quantitative estimate of drug-likeness (QED) is 0.365. The number of carbonyl (C=O) groups is 2. The zero-order chi connectivity index (χ0) is 19.6. The largest absolute Gasteiger partial charge is 0.507 e. The Bertz CT molecular complexity index is 809. The maximum absolute atomic E-state index is 13.0. The molecule has 0 radical (unpaired) electrons. The molecule has 0 aromatic heterocycles. The zero-order valence-electron chi connectivity index (χ0n) is 15.6. The van der Waals surface area contributed by atoms with Crippen molar-refractivity contribution >= 4 is 11.6 Å². The molecule has 1 saturated carbocycles. The van der Waals surface area contributed by atoms with E-state index in [0.29, 0.717) is 6.42 Å². The monoisotopic (exact) mass is 362 g/mol. The van der Waals surface area contributed by atoms with E-state index < -0.39 is 58.1 Å². The predicted molar refractivity (Wildman–Crippen MR) is 94.7 cm³/mol. The van der Waals surface area contributed by atoms with E-state index in [4.69, 9.17) is 0 Å². The molecular formula is C20H26O6. The molecule has 0 unspecified atom stereocenters. The van der Waals surface area contributed by atoms with Gasteiger partial charge in [-0.25, -0.2) is 0 Å². The lowest BCUT2D eigenvalue weighted by atomic mass is 9.49. The molecule has 0 aliphatic heterocycles. The molecule has 3 atom stereocenters. The maximum Gasteiger partial charge on any atom is 0.233 e. The Hall–Kier alpha value is -2.08. The third-order valence-electron chi connectivity index (χ3n) is 6.44. The summed E-state index contributed by atoms with van der Waals surface area (Å²) in [6, 6.07) is 0. The Morgan fingerprint density at radius 1 is 1.04 bits per heavy atom. The van der Waals surface area contributed by atoms with Crippen LogP contribution in [0.3, 0.4) is 0 Å². The molecule has 1 aromatic rings. The fourth-order valence-electron chi connectivity index (χ4n) is 5.29. The molecular weight excluding hydrogens is 336 g/mol. The van der Waals surface area contributed by atoms with Gasteiger partial charge in [-0.1, -0.05) is 34.1 Å². The molecule has 1 aromatic carbocycles. The molecule has 0 heterocycles. The van der Waals surface area contributed by atoms with E-state index in [0.717, 1.165) is 12.8 Å². The summed E-state index contributed by atoms with van der Waals surface area (Å²) in [5, 5.41) is 41.4. The van der Waals surface area contributed by atoms with Crippen LogP contribution in [0.15, 0.2) is 0 Å². The summed E-state index contributed by atoms with van der Waals surface area (Å²) in [6.45, 7) is 6.84. The van der Waals surface area contributed by atoms with Crippen molar-refractivity contribution in [3.8, 4) is 17.2 Å². The summed E-state index contributed by atoms with van der Waals surface area (Å²) < 4.78 is 0. The second-order valence-electron chi connectivity index (χ2n) is 8.68. The molecule has 4 N–H and O–H groups in total. The van der Waals surface area contributed by atoms with Gasteiger partial charge >= 0.3 is 0 Å². The van der Waals surface area contributed by atoms with Crippen molar-refractivity contribution < 1.29 is 30.0 Å². The van der Waals surface area contributed by atoms with Crippen LogP contribution in [0.2, 0.25) is 0 Å². The Kier molecular flexibility index (Phi) is 4.11. The predicted octanol–water partition coefficient (Wildman–Crippen LogP) is 2.75. The molecule has 0 saturated heterocycles. The van der Waals surface area contributed by atoms with Crippen molar-refractivity contribution in [2.45, 2.75) is 58.3 Å². The molecule has 26 heavy (non-hydrogen) atoms. The number of hydrogen-bond acceptors (Lipinski definition) is 6. The third kappa shape index (κ3) is 2.21. The minimum Gasteiger partial charge on any atom is -0.507 e. The van der Waals surface area contributed by atoms with E-state index in [-0.39, 0.29) is 16.7 Å². The Morgan fingerprint density at radius 2 is 1.65 bits per heavy atom. The van der Waals surface area contributed by atoms with Gasteiger partial charge < -0.3 is 20.4 Å². The second-order valence-corrected chi connectivity index (χ2v) is 8.68. The number of hydrogen-bond donors (Lipinski definition) is 4. The summed E-state index contributed by atoms with van der Waals surface area (Å²) in [7, 11) is 0. The lowest BCUT2D eigenvalue weighted by Crippen LogP contribution is -2.54. The summed E-state index contributed by atoms with van der Waals surface area (Å²) in [5.41, 5.74) is -1.48.